The van der Waals surface area contributed by atoms with Crippen molar-refractivity contribution in [3.63, 3.8) is 0 Å². The van der Waals surface area contributed by atoms with E-state index < -0.39 is 8.32 Å². The minimum absolute atomic E-state index is 0.0526. The minimum atomic E-state index is -1.80. The Labute approximate surface area is 153 Å². The molecule has 1 aromatic rings. The highest BCUT2D eigenvalue weighted by Gasteiger charge is 2.38. The number of hydrogen-bond donors (Lipinski definition) is 1. The van der Waals surface area contributed by atoms with Gasteiger partial charge in [-0.2, -0.15) is 0 Å². The predicted molar refractivity (Wildman–Crippen MR) is 103 cm³/mol. The number of aliphatic hydroxyl groups excluding tert-OH is 1. The molecule has 0 amide bonds. The van der Waals surface area contributed by atoms with Crippen molar-refractivity contribution in [3.05, 3.63) is 35.9 Å². The molecule has 3 atom stereocenters. The van der Waals surface area contributed by atoms with E-state index in [9.17, 15) is 5.11 Å². The van der Waals surface area contributed by atoms with E-state index in [-0.39, 0.29) is 23.4 Å². The zero-order chi connectivity index (χ0) is 18.5. The number of rotatable bonds is 7. The van der Waals surface area contributed by atoms with Gasteiger partial charge in [-0.1, -0.05) is 51.1 Å². The molecule has 1 aliphatic heterocycles. The maximum atomic E-state index is 10.2. The maximum Gasteiger partial charge on any atom is 0.192 e. The molecule has 0 radical (unpaired) electrons. The number of benzene rings is 1. The molecule has 142 valence electrons. The van der Waals surface area contributed by atoms with E-state index in [1.165, 1.54) is 0 Å². The van der Waals surface area contributed by atoms with Gasteiger partial charge in [0.1, 0.15) is 0 Å². The highest BCUT2D eigenvalue weighted by Crippen LogP contribution is 2.37. The summed E-state index contributed by atoms with van der Waals surface area (Å²) < 4.78 is 18.2. The van der Waals surface area contributed by atoms with Crippen LogP contribution in [0.3, 0.4) is 0 Å². The van der Waals surface area contributed by atoms with Crippen molar-refractivity contribution in [1.82, 2.24) is 0 Å². The standard InChI is InChI=1S/C20H34O4Si/c1-20(2,3)25(4,5)23-15-19-12-17(21)11-18(24-19)14-22-13-16-9-7-6-8-10-16/h6-10,17-19,21H,11-15H2,1-5H3/t17?,18-,19+/m0/s1. The molecule has 0 aromatic heterocycles. The summed E-state index contributed by atoms with van der Waals surface area (Å²) in [4.78, 5) is 0. The largest absolute Gasteiger partial charge is 0.414 e. The predicted octanol–water partition coefficient (Wildman–Crippen LogP) is 4.13. The lowest BCUT2D eigenvalue weighted by molar-refractivity contribution is -0.133. The first kappa shape index (κ1) is 20.6. The van der Waals surface area contributed by atoms with E-state index in [1.54, 1.807) is 0 Å². The van der Waals surface area contributed by atoms with Gasteiger partial charge in [0, 0.05) is 12.8 Å². The molecule has 1 saturated heterocycles. The molecule has 2 rings (SSSR count). The smallest absolute Gasteiger partial charge is 0.192 e. The lowest BCUT2D eigenvalue weighted by atomic mass is 10.0. The summed E-state index contributed by atoms with van der Waals surface area (Å²) in [6.45, 7) is 12.8. The van der Waals surface area contributed by atoms with Crippen LogP contribution in [0.5, 0.6) is 0 Å². The topological polar surface area (TPSA) is 47.9 Å². The lowest BCUT2D eigenvalue weighted by Gasteiger charge is -2.39. The number of ether oxygens (including phenoxy) is 2. The quantitative estimate of drug-likeness (QED) is 0.737. The van der Waals surface area contributed by atoms with Gasteiger partial charge in [0.15, 0.2) is 8.32 Å². The molecule has 1 heterocycles. The molecule has 0 saturated carbocycles. The van der Waals surface area contributed by atoms with Gasteiger partial charge in [0.2, 0.25) is 0 Å². The Morgan fingerprint density at radius 2 is 1.68 bits per heavy atom. The van der Waals surface area contributed by atoms with Crippen LogP contribution in [0.2, 0.25) is 18.1 Å². The van der Waals surface area contributed by atoms with E-state index in [1.807, 2.05) is 30.3 Å². The van der Waals surface area contributed by atoms with Crippen molar-refractivity contribution < 1.29 is 19.0 Å². The van der Waals surface area contributed by atoms with Crippen molar-refractivity contribution in [2.75, 3.05) is 13.2 Å². The van der Waals surface area contributed by atoms with Crippen LogP contribution in [0.4, 0.5) is 0 Å². The summed E-state index contributed by atoms with van der Waals surface area (Å²) >= 11 is 0. The second-order valence-electron chi connectivity index (χ2n) is 8.58. The molecular weight excluding hydrogens is 332 g/mol. The zero-order valence-electron chi connectivity index (χ0n) is 16.3. The van der Waals surface area contributed by atoms with Crippen LogP contribution in [0, 0.1) is 0 Å². The molecule has 5 heteroatoms. The summed E-state index contributed by atoms with van der Waals surface area (Å²) in [5, 5.41) is 10.4. The van der Waals surface area contributed by atoms with Crippen LogP contribution in [0.1, 0.15) is 39.2 Å². The number of hydrogen-bond acceptors (Lipinski definition) is 4. The third kappa shape index (κ3) is 6.50. The number of aliphatic hydroxyl groups is 1. The van der Waals surface area contributed by atoms with Crippen LogP contribution in [-0.2, 0) is 20.5 Å². The molecule has 1 aromatic carbocycles. The van der Waals surface area contributed by atoms with E-state index in [4.69, 9.17) is 13.9 Å². The summed E-state index contributed by atoms with van der Waals surface area (Å²) in [7, 11) is -1.80. The minimum Gasteiger partial charge on any atom is -0.414 e. The fourth-order valence-corrected chi connectivity index (χ4v) is 3.74. The Balaban J connectivity index is 1.78. The Kier molecular flexibility index (Phi) is 7.23. The molecule has 4 nitrogen and oxygen atoms in total. The van der Waals surface area contributed by atoms with Crippen LogP contribution in [0.25, 0.3) is 0 Å². The molecule has 1 N–H and O–H groups in total. The monoisotopic (exact) mass is 366 g/mol. The average Bonchev–Trinajstić information content (AvgIpc) is 2.53. The fraction of sp³-hybridized carbons (Fsp3) is 0.700. The normalized spacial score (nSPS) is 25.1. The summed E-state index contributed by atoms with van der Waals surface area (Å²) in [5.41, 5.74) is 1.15. The van der Waals surface area contributed by atoms with Crippen molar-refractivity contribution in [2.45, 2.75) is 76.7 Å². The van der Waals surface area contributed by atoms with Crippen LogP contribution < -0.4 is 0 Å². The molecule has 1 unspecified atom stereocenters. The summed E-state index contributed by atoms with van der Waals surface area (Å²) in [6.07, 6.45) is 0.811. The maximum absolute atomic E-state index is 10.2. The molecule has 25 heavy (non-hydrogen) atoms. The van der Waals surface area contributed by atoms with Gasteiger partial charge in [0.05, 0.1) is 38.1 Å². The molecule has 1 fully saturated rings. The van der Waals surface area contributed by atoms with Crippen molar-refractivity contribution >= 4 is 8.32 Å². The third-order valence-electron chi connectivity index (χ3n) is 5.31. The van der Waals surface area contributed by atoms with E-state index >= 15 is 0 Å². The third-order valence-corrected chi connectivity index (χ3v) is 9.81. The molecular formula is C20H34O4Si. The van der Waals surface area contributed by atoms with Gasteiger partial charge < -0.3 is 19.0 Å². The van der Waals surface area contributed by atoms with Gasteiger partial charge in [-0.15, -0.1) is 0 Å². The Morgan fingerprint density at radius 1 is 1.08 bits per heavy atom. The second kappa shape index (κ2) is 8.78. The molecule has 1 aliphatic rings. The van der Waals surface area contributed by atoms with Gasteiger partial charge >= 0.3 is 0 Å². The van der Waals surface area contributed by atoms with E-state index in [2.05, 4.69) is 33.9 Å². The first-order chi connectivity index (χ1) is 11.7. The van der Waals surface area contributed by atoms with Crippen LogP contribution in [0.15, 0.2) is 30.3 Å². The fourth-order valence-electron chi connectivity index (χ4n) is 2.70. The highest BCUT2D eigenvalue weighted by atomic mass is 28.4. The van der Waals surface area contributed by atoms with E-state index in [0.29, 0.717) is 32.7 Å². The van der Waals surface area contributed by atoms with Crippen LogP contribution in [-0.4, -0.2) is 44.9 Å². The Morgan fingerprint density at radius 3 is 2.28 bits per heavy atom. The van der Waals surface area contributed by atoms with Crippen molar-refractivity contribution in [1.29, 1.82) is 0 Å². The lowest BCUT2D eigenvalue weighted by Crippen LogP contribution is -2.46. The van der Waals surface area contributed by atoms with E-state index in [0.717, 1.165) is 5.56 Å². The molecule has 0 spiro atoms. The summed E-state index contributed by atoms with van der Waals surface area (Å²) in [5.74, 6) is 0. The summed E-state index contributed by atoms with van der Waals surface area (Å²) in [6, 6.07) is 10.1. The first-order valence-corrected chi connectivity index (χ1v) is 12.2. The van der Waals surface area contributed by atoms with Gasteiger partial charge in [-0.3, -0.25) is 0 Å². The van der Waals surface area contributed by atoms with Crippen molar-refractivity contribution in [2.24, 2.45) is 0 Å². The van der Waals surface area contributed by atoms with Crippen molar-refractivity contribution in [3.8, 4) is 0 Å². The Bertz CT molecular complexity index is 512. The van der Waals surface area contributed by atoms with Gasteiger partial charge in [-0.05, 0) is 23.7 Å². The molecule has 0 aliphatic carbocycles. The molecule has 0 bridgehead atoms. The second-order valence-corrected chi connectivity index (χ2v) is 13.4. The zero-order valence-corrected chi connectivity index (χ0v) is 17.3. The highest BCUT2D eigenvalue weighted by molar-refractivity contribution is 6.74. The Hall–Kier alpha value is -0.723. The van der Waals surface area contributed by atoms with Gasteiger partial charge in [-0.25, -0.2) is 0 Å². The first-order valence-electron chi connectivity index (χ1n) is 9.26. The average molecular weight is 367 g/mol. The van der Waals surface area contributed by atoms with Crippen LogP contribution >= 0.6 is 0 Å². The SMILES string of the molecule is CC(C)(C)[Si](C)(C)OC[C@H]1CC(O)C[C@@H](COCc2ccccc2)O1. The van der Waals surface area contributed by atoms with Gasteiger partial charge in [0.25, 0.3) is 0 Å².